The Bertz CT molecular complexity index is 822. The number of nitrogens with zero attached hydrogens (tertiary/aromatic N) is 1. The maximum absolute atomic E-state index is 12.9. The quantitative estimate of drug-likeness (QED) is 0.598. The van der Waals surface area contributed by atoms with Crippen molar-refractivity contribution in [2.24, 2.45) is 0 Å². The molecule has 0 amide bonds. The average Bonchev–Trinajstić information content (AvgIpc) is 2.91. The highest BCUT2D eigenvalue weighted by molar-refractivity contribution is 7.17. The van der Waals surface area contributed by atoms with Crippen LogP contribution < -0.4 is 0 Å². The summed E-state index contributed by atoms with van der Waals surface area (Å²) in [6, 6.07) is 16.4. The van der Waals surface area contributed by atoms with Crippen LogP contribution in [0, 0.1) is 17.1 Å². The minimum atomic E-state index is -0.276. The molecule has 0 N–H and O–H groups in total. The summed E-state index contributed by atoms with van der Waals surface area (Å²) < 4.78 is 14.1. The lowest BCUT2D eigenvalue weighted by molar-refractivity contribution is 0.628. The van der Waals surface area contributed by atoms with Crippen LogP contribution in [0.3, 0.4) is 0 Å². The number of benzene rings is 2. The zero-order valence-electron chi connectivity index (χ0n) is 10.5. The SMILES string of the molecule is N#CC(=Cc1ccc(F)cc1)c1csc2ccccc12. The van der Waals surface area contributed by atoms with E-state index in [0.717, 1.165) is 21.2 Å². The Hall–Kier alpha value is -2.44. The van der Waals surface area contributed by atoms with Gasteiger partial charge in [-0.3, -0.25) is 0 Å². The number of fused-ring (bicyclic) bond motifs is 1. The summed E-state index contributed by atoms with van der Waals surface area (Å²) in [5.74, 6) is -0.276. The van der Waals surface area contributed by atoms with E-state index < -0.39 is 0 Å². The Morgan fingerprint density at radius 1 is 1.10 bits per heavy atom. The van der Waals surface area contributed by atoms with Gasteiger partial charge in [0.1, 0.15) is 5.82 Å². The minimum Gasteiger partial charge on any atom is -0.207 e. The lowest BCUT2D eigenvalue weighted by Crippen LogP contribution is -1.81. The molecule has 3 rings (SSSR count). The smallest absolute Gasteiger partial charge is 0.123 e. The molecule has 0 aliphatic carbocycles. The van der Waals surface area contributed by atoms with E-state index in [4.69, 9.17) is 0 Å². The number of halogens is 1. The molecule has 0 aliphatic rings. The third-order valence-corrected chi connectivity index (χ3v) is 4.04. The topological polar surface area (TPSA) is 23.8 Å². The van der Waals surface area contributed by atoms with Crippen LogP contribution in [0.15, 0.2) is 53.9 Å². The van der Waals surface area contributed by atoms with Crippen LogP contribution in [-0.2, 0) is 0 Å². The van der Waals surface area contributed by atoms with Gasteiger partial charge in [0.25, 0.3) is 0 Å². The molecule has 0 saturated carbocycles. The van der Waals surface area contributed by atoms with Crippen molar-refractivity contribution in [3.63, 3.8) is 0 Å². The van der Waals surface area contributed by atoms with Crippen molar-refractivity contribution in [3.8, 4) is 6.07 Å². The molecule has 96 valence electrons. The first-order valence-corrected chi connectivity index (χ1v) is 7.00. The summed E-state index contributed by atoms with van der Waals surface area (Å²) in [5.41, 5.74) is 2.34. The van der Waals surface area contributed by atoms with Gasteiger partial charge in [0.05, 0.1) is 11.6 Å². The molecule has 3 aromatic rings. The van der Waals surface area contributed by atoms with Crippen LogP contribution in [0.4, 0.5) is 4.39 Å². The fourth-order valence-electron chi connectivity index (χ4n) is 2.08. The maximum atomic E-state index is 12.9. The van der Waals surface area contributed by atoms with E-state index in [0.29, 0.717) is 5.57 Å². The summed E-state index contributed by atoms with van der Waals surface area (Å²) >= 11 is 1.62. The predicted molar refractivity (Wildman–Crippen MR) is 81.7 cm³/mol. The monoisotopic (exact) mass is 279 g/mol. The number of nitriles is 1. The third-order valence-electron chi connectivity index (χ3n) is 3.07. The van der Waals surface area contributed by atoms with Crippen molar-refractivity contribution in [2.45, 2.75) is 0 Å². The Labute approximate surface area is 120 Å². The fourth-order valence-corrected chi connectivity index (χ4v) is 3.04. The van der Waals surface area contributed by atoms with Crippen LogP contribution in [-0.4, -0.2) is 0 Å². The molecule has 3 heteroatoms. The molecule has 1 nitrogen and oxygen atoms in total. The zero-order chi connectivity index (χ0) is 13.9. The molecule has 0 unspecified atom stereocenters. The second kappa shape index (κ2) is 5.28. The van der Waals surface area contributed by atoms with Gasteiger partial charge in [0.15, 0.2) is 0 Å². The van der Waals surface area contributed by atoms with Crippen LogP contribution in [0.2, 0.25) is 0 Å². The molecule has 0 fully saturated rings. The molecule has 1 heterocycles. The molecule has 1 aromatic heterocycles. The summed E-state index contributed by atoms with van der Waals surface area (Å²) in [6.07, 6.45) is 1.79. The minimum absolute atomic E-state index is 0.276. The second-order valence-electron chi connectivity index (χ2n) is 4.37. The Morgan fingerprint density at radius 2 is 1.85 bits per heavy atom. The standard InChI is InChI=1S/C17H10FNS/c18-14-7-5-12(6-8-14)9-13(10-19)16-11-20-17-4-2-1-3-15(16)17/h1-9,11H. The predicted octanol–water partition coefficient (Wildman–Crippen LogP) is 5.10. The summed E-state index contributed by atoms with van der Waals surface area (Å²) in [4.78, 5) is 0. The molecule has 0 aliphatic heterocycles. The van der Waals surface area contributed by atoms with Gasteiger partial charge in [-0.15, -0.1) is 11.3 Å². The van der Waals surface area contributed by atoms with Gasteiger partial charge in [0, 0.05) is 21.0 Å². The molecule has 0 atom stereocenters. The lowest BCUT2D eigenvalue weighted by Gasteiger charge is -1.98. The second-order valence-corrected chi connectivity index (χ2v) is 5.28. The van der Waals surface area contributed by atoms with Gasteiger partial charge in [-0.2, -0.15) is 5.26 Å². The molecular formula is C17H10FNS. The molecule has 0 saturated heterocycles. The summed E-state index contributed by atoms with van der Waals surface area (Å²) in [6.45, 7) is 0. The van der Waals surface area contributed by atoms with Crippen molar-refractivity contribution >= 4 is 33.1 Å². The van der Waals surface area contributed by atoms with Gasteiger partial charge in [0.2, 0.25) is 0 Å². The fraction of sp³-hybridized carbons (Fsp3) is 0. The number of hydrogen-bond acceptors (Lipinski definition) is 2. The number of allylic oxidation sites excluding steroid dienone is 1. The highest BCUT2D eigenvalue weighted by Gasteiger charge is 2.08. The zero-order valence-corrected chi connectivity index (χ0v) is 11.3. The van der Waals surface area contributed by atoms with E-state index in [1.807, 2.05) is 29.6 Å². The van der Waals surface area contributed by atoms with Crippen molar-refractivity contribution in [2.75, 3.05) is 0 Å². The van der Waals surface area contributed by atoms with Gasteiger partial charge < -0.3 is 0 Å². The van der Waals surface area contributed by atoms with Crippen LogP contribution in [0.5, 0.6) is 0 Å². The molecule has 2 aromatic carbocycles. The number of hydrogen-bond donors (Lipinski definition) is 0. The summed E-state index contributed by atoms with van der Waals surface area (Å²) in [7, 11) is 0. The molecular weight excluding hydrogens is 269 g/mol. The van der Waals surface area contributed by atoms with Gasteiger partial charge in [-0.25, -0.2) is 4.39 Å². The Balaban J connectivity index is 2.10. The lowest BCUT2D eigenvalue weighted by atomic mass is 10.0. The van der Waals surface area contributed by atoms with Crippen LogP contribution in [0.1, 0.15) is 11.1 Å². The van der Waals surface area contributed by atoms with Crippen molar-refractivity contribution < 1.29 is 4.39 Å². The van der Waals surface area contributed by atoms with E-state index in [-0.39, 0.29) is 5.82 Å². The van der Waals surface area contributed by atoms with Crippen molar-refractivity contribution in [1.82, 2.24) is 0 Å². The van der Waals surface area contributed by atoms with Crippen molar-refractivity contribution in [1.29, 1.82) is 5.26 Å². The molecule has 0 bridgehead atoms. The van der Waals surface area contributed by atoms with E-state index in [1.165, 1.54) is 12.1 Å². The van der Waals surface area contributed by atoms with Gasteiger partial charge >= 0.3 is 0 Å². The number of thiophene rings is 1. The average molecular weight is 279 g/mol. The van der Waals surface area contributed by atoms with E-state index in [1.54, 1.807) is 29.5 Å². The van der Waals surface area contributed by atoms with Crippen LogP contribution in [0.25, 0.3) is 21.7 Å². The first-order chi connectivity index (χ1) is 9.78. The van der Waals surface area contributed by atoms with E-state index in [2.05, 4.69) is 6.07 Å². The van der Waals surface area contributed by atoms with Gasteiger partial charge in [-0.05, 0) is 29.8 Å². The molecule has 0 radical (unpaired) electrons. The first-order valence-electron chi connectivity index (χ1n) is 6.12. The highest BCUT2D eigenvalue weighted by Crippen LogP contribution is 2.31. The molecule has 0 spiro atoms. The third kappa shape index (κ3) is 2.34. The molecule has 20 heavy (non-hydrogen) atoms. The summed E-state index contributed by atoms with van der Waals surface area (Å²) in [5, 5.41) is 12.5. The normalized spacial score (nSPS) is 11.5. The van der Waals surface area contributed by atoms with Crippen LogP contribution >= 0.6 is 11.3 Å². The highest BCUT2D eigenvalue weighted by atomic mass is 32.1. The maximum Gasteiger partial charge on any atom is 0.123 e. The Morgan fingerprint density at radius 3 is 2.60 bits per heavy atom. The first kappa shape index (κ1) is 12.6. The van der Waals surface area contributed by atoms with E-state index in [9.17, 15) is 9.65 Å². The van der Waals surface area contributed by atoms with E-state index >= 15 is 0 Å². The largest absolute Gasteiger partial charge is 0.207 e. The van der Waals surface area contributed by atoms with Crippen molar-refractivity contribution in [3.05, 3.63) is 70.9 Å². The Kier molecular flexibility index (Phi) is 3.32. The number of rotatable bonds is 2. The van der Waals surface area contributed by atoms with Gasteiger partial charge in [-0.1, -0.05) is 30.3 Å².